The lowest BCUT2D eigenvalue weighted by atomic mass is 10.2. The third kappa shape index (κ3) is 7.48. The molecule has 0 nitrogen and oxygen atoms in total. The normalized spacial score (nSPS) is 11.8. The predicted octanol–water partition coefficient (Wildman–Crippen LogP) is 3.70. The first-order chi connectivity index (χ1) is 4.91. The monoisotopic (exact) mass is 138 g/mol. The fourth-order valence-electron chi connectivity index (χ4n) is 0.761. The maximum atomic E-state index is 2.27. The summed E-state index contributed by atoms with van der Waals surface area (Å²) in [5.41, 5.74) is 0. The molecule has 0 aliphatic rings. The molecular formula is C10H18. The van der Waals surface area contributed by atoms with Crippen molar-refractivity contribution in [2.45, 2.75) is 39.5 Å². The molecule has 10 heavy (non-hydrogen) atoms. The van der Waals surface area contributed by atoms with Crippen LogP contribution in [-0.4, -0.2) is 0 Å². The SMILES string of the molecule is C/C=C\CC/C=C\CCC. The number of allylic oxidation sites excluding steroid dienone is 4. The topological polar surface area (TPSA) is 0 Å². The molecule has 0 bridgehead atoms. The molecule has 0 atom stereocenters. The van der Waals surface area contributed by atoms with Crippen molar-refractivity contribution < 1.29 is 0 Å². The highest BCUT2D eigenvalue weighted by Gasteiger charge is 1.74. The van der Waals surface area contributed by atoms with Gasteiger partial charge in [0.05, 0.1) is 0 Å². The summed E-state index contributed by atoms with van der Waals surface area (Å²) in [6, 6.07) is 0. The standard InChI is InChI=1S/C10H18/c1-3-5-7-9-10-8-6-4-2/h3,5,8,10H,4,6-7,9H2,1-2H3/b5-3-,10-8-. The van der Waals surface area contributed by atoms with E-state index in [1.807, 2.05) is 0 Å². The predicted molar refractivity (Wildman–Crippen MR) is 48.1 cm³/mol. The number of rotatable bonds is 5. The molecule has 58 valence electrons. The average Bonchev–Trinajstić information content (AvgIpc) is 1.97. The number of hydrogen-bond acceptors (Lipinski definition) is 0. The van der Waals surface area contributed by atoms with Crippen LogP contribution in [0.3, 0.4) is 0 Å². The Morgan fingerprint density at radius 2 is 1.50 bits per heavy atom. The molecule has 0 unspecified atom stereocenters. The van der Waals surface area contributed by atoms with Gasteiger partial charge >= 0.3 is 0 Å². The molecule has 0 radical (unpaired) electrons. The lowest BCUT2D eigenvalue weighted by Crippen LogP contribution is -1.65. The van der Waals surface area contributed by atoms with Gasteiger partial charge in [0, 0.05) is 0 Å². The summed E-state index contributed by atoms with van der Waals surface area (Å²) in [5, 5.41) is 0. The van der Waals surface area contributed by atoms with Crippen LogP contribution in [0.1, 0.15) is 39.5 Å². The van der Waals surface area contributed by atoms with Gasteiger partial charge in [-0.2, -0.15) is 0 Å². The van der Waals surface area contributed by atoms with Crippen LogP contribution in [0, 0.1) is 0 Å². The van der Waals surface area contributed by atoms with Crippen LogP contribution in [0.4, 0.5) is 0 Å². The minimum Gasteiger partial charge on any atom is -0.0917 e. The van der Waals surface area contributed by atoms with Gasteiger partial charge in [-0.3, -0.25) is 0 Å². The van der Waals surface area contributed by atoms with E-state index in [1.165, 1.54) is 25.7 Å². The van der Waals surface area contributed by atoms with Crippen LogP contribution in [-0.2, 0) is 0 Å². The smallest absolute Gasteiger partial charge is 0.0316 e. The molecule has 0 rings (SSSR count). The first-order valence-electron chi connectivity index (χ1n) is 4.18. The molecule has 0 saturated heterocycles. The molecule has 0 heterocycles. The summed E-state index contributed by atoms with van der Waals surface area (Å²) in [4.78, 5) is 0. The minimum atomic E-state index is 1.19. The van der Waals surface area contributed by atoms with Gasteiger partial charge in [-0.05, 0) is 26.2 Å². The quantitative estimate of drug-likeness (QED) is 0.401. The average molecular weight is 138 g/mol. The van der Waals surface area contributed by atoms with E-state index in [1.54, 1.807) is 0 Å². The van der Waals surface area contributed by atoms with Crippen molar-refractivity contribution in [2.24, 2.45) is 0 Å². The Morgan fingerprint density at radius 1 is 0.900 bits per heavy atom. The Bertz CT molecular complexity index is 98.6. The van der Waals surface area contributed by atoms with Crippen LogP contribution < -0.4 is 0 Å². The zero-order valence-electron chi connectivity index (χ0n) is 7.14. The first-order valence-corrected chi connectivity index (χ1v) is 4.18. The highest BCUT2D eigenvalue weighted by Crippen LogP contribution is 1.95. The van der Waals surface area contributed by atoms with E-state index in [0.29, 0.717) is 0 Å². The van der Waals surface area contributed by atoms with Crippen LogP contribution in [0.15, 0.2) is 24.3 Å². The van der Waals surface area contributed by atoms with Crippen molar-refractivity contribution in [1.29, 1.82) is 0 Å². The van der Waals surface area contributed by atoms with Crippen molar-refractivity contribution in [3.05, 3.63) is 24.3 Å². The number of unbranched alkanes of at least 4 members (excludes halogenated alkanes) is 2. The van der Waals surface area contributed by atoms with Crippen molar-refractivity contribution in [3.63, 3.8) is 0 Å². The van der Waals surface area contributed by atoms with Crippen LogP contribution in [0.5, 0.6) is 0 Å². The molecule has 0 aromatic heterocycles. The third-order valence-electron chi connectivity index (χ3n) is 1.36. The maximum Gasteiger partial charge on any atom is -0.0316 e. The van der Waals surface area contributed by atoms with Gasteiger partial charge in [-0.1, -0.05) is 37.6 Å². The molecule has 0 N–H and O–H groups in total. The van der Waals surface area contributed by atoms with E-state index < -0.39 is 0 Å². The molecule has 0 amide bonds. The second-order valence-corrected chi connectivity index (χ2v) is 2.41. The largest absolute Gasteiger partial charge is 0.0917 e. The van der Waals surface area contributed by atoms with Gasteiger partial charge < -0.3 is 0 Å². The molecule has 0 saturated carbocycles. The van der Waals surface area contributed by atoms with Crippen LogP contribution in [0.2, 0.25) is 0 Å². The Kier molecular flexibility index (Phi) is 8.04. The molecular weight excluding hydrogens is 120 g/mol. The zero-order valence-corrected chi connectivity index (χ0v) is 7.14. The van der Waals surface area contributed by atoms with Gasteiger partial charge in [0.1, 0.15) is 0 Å². The van der Waals surface area contributed by atoms with Gasteiger partial charge in [0.15, 0.2) is 0 Å². The molecule has 0 aromatic rings. The van der Waals surface area contributed by atoms with Crippen molar-refractivity contribution >= 4 is 0 Å². The maximum absolute atomic E-state index is 2.27. The second-order valence-electron chi connectivity index (χ2n) is 2.41. The Labute approximate surface area is 64.6 Å². The number of hydrogen-bond donors (Lipinski definition) is 0. The van der Waals surface area contributed by atoms with Gasteiger partial charge in [0.2, 0.25) is 0 Å². The lowest BCUT2D eigenvalue weighted by molar-refractivity contribution is 0.943. The molecule has 0 aliphatic carbocycles. The zero-order chi connectivity index (χ0) is 7.66. The molecule has 0 fully saturated rings. The van der Waals surface area contributed by atoms with E-state index >= 15 is 0 Å². The summed E-state index contributed by atoms with van der Waals surface area (Å²) in [5.74, 6) is 0. The first kappa shape index (κ1) is 9.48. The summed E-state index contributed by atoms with van der Waals surface area (Å²) >= 11 is 0. The highest BCUT2D eigenvalue weighted by molar-refractivity contribution is 4.86. The molecule has 0 aliphatic heterocycles. The van der Waals surface area contributed by atoms with Gasteiger partial charge in [-0.25, -0.2) is 0 Å². The summed E-state index contributed by atoms with van der Waals surface area (Å²) < 4.78 is 0. The lowest BCUT2D eigenvalue weighted by Gasteiger charge is -1.85. The fourth-order valence-corrected chi connectivity index (χ4v) is 0.761. The van der Waals surface area contributed by atoms with Crippen LogP contribution in [0.25, 0.3) is 0 Å². The van der Waals surface area contributed by atoms with Crippen molar-refractivity contribution in [1.82, 2.24) is 0 Å². The molecule has 0 aromatic carbocycles. The van der Waals surface area contributed by atoms with Crippen molar-refractivity contribution in [3.8, 4) is 0 Å². The minimum absolute atomic E-state index is 1.19. The van der Waals surface area contributed by atoms with E-state index in [0.717, 1.165) is 0 Å². The van der Waals surface area contributed by atoms with E-state index in [4.69, 9.17) is 0 Å². The Hall–Kier alpha value is -0.520. The third-order valence-corrected chi connectivity index (χ3v) is 1.36. The molecule has 0 spiro atoms. The summed E-state index contributed by atoms with van der Waals surface area (Å²) in [6.45, 7) is 4.27. The van der Waals surface area contributed by atoms with Gasteiger partial charge in [0.25, 0.3) is 0 Å². The molecule has 0 heteroatoms. The fraction of sp³-hybridized carbons (Fsp3) is 0.600. The van der Waals surface area contributed by atoms with E-state index in [9.17, 15) is 0 Å². The summed E-state index contributed by atoms with van der Waals surface area (Å²) in [6.07, 6.45) is 13.7. The van der Waals surface area contributed by atoms with Gasteiger partial charge in [-0.15, -0.1) is 0 Å². The second kappa shape index (κ2) is 8.48. The van der Waals surface area contributed by atoms with E-state index in [2.05, 4.69) is 38.2 Å². The Morgan fingerprint density at radius 3 is 2.10 bits per heavy atom. The van der Waals surface area contributed by atoms with Crippen molar-refractivity contribution in [2.75, 3.05) is 0 Å². The summed E-state index contributed by atoms with van der Waals surface area (Å²) in [7, 11) is 0. The van der Waals surface area contributed by atoms with E-state index in [-0.39, 0.29) is 0 Å². The highest BCUT2D eigenvalue weighted by atomic mass is 13.8. The Balaban J connectivity index is 3.02. The van der Waals surface area contributed by atoms with Crippen LogP contribution >= 0.6 is 0 Å².